The molecule has 0 spiro atoms. The lowest BCUT2D eigenvalue weighted by Gasteiger charge is -2.33. The number of esters is 2. The molecular formula is C31H39N3O6. The van der Waals surface area contributed by atoms with Crippen LogP contribution in [0, 0.1) is 21.4 Å². The van der Waals surface area contributed by atoms with Crippen molar-refractivity contribution in [2.45, 2.75) is 53.0 Å². The molecule has 0 saturated heterocycles. The predicted molar refractivity (Wildman–Crippen MR) is 154 cm³/mol. The van der Waals surface area contributed by atoms with Crippen LogP contribution in [0.4, 0.5) is 5.69 Å². The first-order chi connectivity index (χ1) is 19.0. The smallest absolute Gasteiger partial charge is 0.336 e. The van der Waals surface area contributed by atoms with Gasteiger partial charge in [0, 0.05) is 42.3 Å². The molecular weight excluding hydrogens is 510 g/mol. The van der Waals surface area contributed by atoms with Gasteiger partial charge in [0.25, 0.3) is 5.69 Å². The van der Waals surface area contributed by atoms with E-state index in [4.69, 9.17) is 9.47 Å². The molecule has 0 N–H and O–H groups in total. The fourth-order valence-electron chi connectivity index (χ4n) is 5.29. The van der Waals surface area contributed by atoms with Crippen LogP contribution in [0.3, 0.4) is 0 Å². The quantitative estimate of drug-likeness (QED) is 0.190. The molecule has 0 radical (unpaired) electrons. The van der Waals surface area contributed by atoms with Crippen molar-refractivity contribution in [3.8, 4) is 0 Å². The largest absolute Gasteiger partial charge is 0.468 e. The summed E-state index contributed by atoms with van der Waals surface area (Å²) in [7, 11) is 3.30. The van der Waals surface area contributed by atoms with E-state index in [1.165, 1.54) is 24.8 Å². The molecule has 0 aromatic heterocycles. The molecule has 0 bridgehead atoms. The number of non-ortho nitro benzene ring substituents is 1. The summed E-state index contributed by atoms with van der Waals surface area (Å²) < 4.78 is 11.0. The molecule has 1 aliphatic heterocycles. The third-order valence-corrected chi connectivity index (χ3v) is 6.91. The van der Waals surface area contributed by atoms with E-state index in [0.29, 0.717) is 36.4 Å². The van der Waals surface area contributed by atoms with Crippen molar-refractivity contribution in [3.63, 3.8) is 0 Å². The molecule has 0 amide bonds. The summed E-state index contributed by atoms with van der Waals surface area (Å²) in [6.07, 6.45) is 1.20. The fraction of sp³-hybridized carbons (Fsp3) is 0.452. The second-order valence-corrected chi connectivity index (χ2v) is 11.1. The lowest BCUT2D eigenvalue weighted by Crippen LogP contribution is -2.38. The van der Waals surface area contributed by atoms with E-state index in [1.807, 2.05) is 46.0 Å². The predicted octanol–water partition coefficient (Wildman–Crippen LogP) is 5.70. The molecule has 0 fully saturated rings. The van der Waals surface area contributed by atoms with Crippen molar-refractivity contribution in [1.29, 1.82) is 0 Å². The second kappa shape index (κ2) is 13.5. The van der Waals surface area contributed by atoms with E-state index in [9.17, 15) is 19.7 Å². The van der Waals surface area contributed by atoms with Crippen molar-refractivity contribution >= 4 is 23.3 Å². The number of allylic oxidation sites excluding steroid dienone is 1. The minimum Gasteiger partial charge on any atom is -0.468 e. The Balaban J connectivity index is 1.92. The fourth-order valence-corrected chi connectivity index (χ4v) is 5.29. The van der Waals surface area contributed by atoms with Gasteiger partial charge in [-0.25, -0.2) is 4.79 Å². The molecule has 2 aromatic rings. The summed E-state index contributed by atoms with van der Waals surface area (Å²) in [6, 6.07) is 16.2. The first-order valence-electron chi connectivity index (χ1n) is 13.5. The van der Waals surface area contributed by atoms with Gasteiger partial charge in [-0.15, -0.1) is 0 Å². The lowest BCUT2D eigenvalue weighted by atomic mass is 9.75. The average molecular weight is 550 g/mol. The van der Waals surface area contributed by atoms with Gasteiger partial charge in [0.15, 0.2) is 0 Å². The first-order valence-corrected chi connectivity index (χ1v) is 13.5. The van der Waals surface area contributed by atoms with Gasteiger partial charge in [-0.1, -0.05) is 69.7 Å². The van der Waals surface area contributed by atoms with Gasteiger partial charge in [-0.3, -0.25) is 19.9 Å². The van der Waals surface area contributed by atoms with Crippen LogP contribution in [0.15, 0.2) is 70.9 Å². The Morgan fingerprint density at radius 2 is 1.82 bits per heavy atom. The number of hydrogen-bond acceptors (Lipinski definition) is 8. The van der Waals surface area contributed by atoms with Gasteiger partial charge in [0.1, 0.15) is 5.92 Å². The molecule has 214 valence electrons. The number of nitro groups is 1. The number of benzene rings is 2. The zero-order chi connectivity index (χ0) is 29.4. The summed E-state index contributed by atoms with van der Waals surface area (Å²) in [4.78, 5) is 44.7. The average Bonchev–Trinajstić information content (AvgIpc) is 2.91. The summed E-state index contributed by atoms with van der Waals surface area (Å²) in [5.41, 5.74) is 2.41. The molecule has 0 saturated carbocycles. The van der Waals surface area contributed by atoms with Crippen LogP contribution < -0.4 is 0 Å². The number of nitro benzene ring substituents is 1. The van der Waals surface area contributed by atoms with Gasteiger partial charge in [0.2, 0.25) is 0 Å². The minimum atomic E-state index is -0.917. The molecule has 2 atom stereocenters. The Hall–Kier alpha value is -3.85. The zero-order valence-corrected chi connectivity index (χ0v) is 24.2. The molecule has 0 aliphatic carbocycles. The Labute approximate surface area is 236 Å². The van der Waals surface area contributed by atoms with Gasteiger partial charge in [0.05, 0.1) is 29.9 Å². The maximum absolute atomic E-state index is 13.8. The highest BCUT2D eigenvalue weighted by molar-refractivity contribution is 6.07. The van der Waals surface area contributed by atoms with Gasteiger partial charge < -0.3 is 14.4 Å². The topological polar surface area (TPSA) is 111 Å². The van der Waals surface area contributed by atoms with Crippen molar-refractivity contribution in [2.24, 2.45) is 16.3 Å². The van der Waals surface area contributed by atoms with Crippen LogP contribution in [0.25, 0.3) is 0 Å². The Bertz CT molecular complexity index is 1280. The number of carbonyl (C=O) groups excluding carboxylic acids is 2. The van der Waals surface area contributed by atoms with E-state index in [-0.39, 0.29) is 23.3 Å². The van der Waals surface area contributed by atoms with E-state index in [0.717, 1.165) is 6.54 Å². The third kappa shape index (κ3) is 7.63. The highest BCUT2D eigenvalue weighted by atomic mass is 16.6. The molecule has 1 aliphatic rings. The van der Waals surface area contributed by atoms with Crippen molar-refractivity contribution in [1.82, 2.24) is 4.90 Å². The summed E-state index contributed by atoms with van der Waals surface area (Å²) in [5, 5.41) is 11.6. The number of carbonyl (C=O) groups is 2. The van der Waals surface area contributed by atoms with E-state index in [2.05, 4.69) is 22.0 Å². The SMILES string of the molecule is CCCC1=C(C(=O)OCC(C)(C)CN(C)Cc2ccccc2)C(c2cccc([N+](=O)[O-])c2)C(C(=O)OC)C(C)=N1. The summed E-state index contributed by atoms with van der Waals surface area (Å²) >= 11 is 0. The van der Waals surface area contributed by atoms with Crippen LogP contribution in [0.5, 0.6) is 0 Å². The maximum atomic E-state index is 13.8. The van der Waals surface area contributed by atoms with Crippen LogP contribution in [-0.4, -0.2) is 54.8 Å². The van der Waals surface area contributed by atoms with Gasteiger partial charge in [-0.05, 0) is 31.5 Å². The van der Waals surface area contributed by atoms with Gasteiger partial charge in [-0.2, -0.15) is 0 Å². The number of nitrogens with zero attached hydrogens (tertiary/aromatic N) is 3. The van der Waals surface area contributed by atoms with Crippen LogP contribution in [0.2, 0.25) is 0 Å². The molecule has 3 rings (SSSR count). The monoisotopic (exact) mass is 549 g/mol. The number of rotatable bonds is 12. The molecule has 40 heavy (non-hydrogen) atoms. The molecule has 2 unspecified atom stereocenters. The Morgan fingerprint density at radius 1 is 1.12 bits per heavy atom. The number of ether oxygens (including phenoxy) is 2. The lowest BCUT2D eigenvalue weighted by molar-refractivity contribution is -0.384. The van der Waals surface area contributed by atoms with Gasteiger partial charge >= 0.3 is 11.9 Å². The number of methoxy groups -OCH3 is 1. The number of hydrogen-bond donors (Lipinski definition) is 0. The third-order valence-electron chi connectivity index (χ3n) is 6.91. The van der Waals surface area contributed by atoms with E-state index >= 15 is 0 Å². The van der Waals surface area contributed by atoms with Crippen molar-refractivity contribution < 1.29 is 24.0 Å². The Kier molecular flexibility index (Phi) is 10.3. The molecule has 2 aromatic carbocycles. The minimum absolute atomic E-state index is 0.131. The Morgan fingerprint density at radius 3 is 2.45 bits per heavy atom. The standard InChI is InChI=1S/C31H39N3O6/c1-7-12-25-28(30(36)40-20-31(3,4)19-33(5)18-22-13-9-8-10-14-22)27(26(21(2)32-25)29(35)39-6)23-15-11-16-24(17-23)34(37)38/h8-11,13-17,26-27H,7,12,18-20H2,1-6H3. The molecule has 9 heteroatoms. The van der Waals surface area contributed by atoms with Crippen molar-refractivity contribution in [3.05, 3.63) is 87.1 Å². The first kappa shape index (κ1) is 30.7. The van der Waals surface area contributed by atoms with Crippen LogP contribution in [-0.2, 0) is 25.6 Å². The van der Waals surface area contributed by atoms with E-state index in [1.54, 1.807) is 19.1 Å². The molecule has 9 nitrogen and oxygen atoms in total. The van der Waals surface area contributed by atoms with Crippen molar-refractivity contribution in [2.75, 3.05) is 27.3 Å². The number of aliphatic imine (C=N–C) groups is 1. The highest BCUT2D eigenvalue weighted by Gasteiger charge is 2.43. The van der Waals surface area contributed by atoms with E-state index < -0.39 is 28.7 Å². The summed E-state index contributed by atoms with van der Waals surface area (Å²) in [5.74, 6) is -2.90. The highest BCUT2D eigenvalue weighted by Crippen LogP contribution is 2.42. The van der Waals surface area contributed by atoms with Crippen LogP contribution in [0.1, 0.15) is 57.6 Å². The maximum Gasteiger partial charge on any atom is 0.336 e. The molecule has 1 heterocycles. The summed E-state index contributed by atoms with van der Waals surface area (Å²) in [6.45, 7) is 9.32. The zero-order valence-electron chi connectivity index (χ0n) is 24.2. The second-order valence-electron chi connectivity index (χ2n) is 11.1. The normalized spacial score (nSPS) is 17.4. The van der Waals surface area contributed by atoms with Crippen LogP contribution >= 0.6 is 0 Å².